The molecule has 156 valence electrons. The molecular weight excluding hydrogens is 449 g/mol. The molecule has 1 unspecified atom stereocenters. The van der Waals surface area contributed by atoms with E-state index in [1.54, 1.807) is 40.3 Å². The number of halogens is 2. The van der Waals surface area contributed by atoms with Gasteiger partial charge in [0.2, 0.25) is 0 Å². The summed E-state index contributed by atoms with van der Waals surface area (Å²) >= 11 is 3.46. The fourth-order valence-corrected chi connectivity index (χ4v) is 4.20. The maximum atomic E-state index is 13.3. The zero-order valence-electron chi connectivity index (χ0n) is 16.7. The van der Waals surface area contributed by atoms with Crippen molar-refractivity contribution in [2.24, 2.45) is 0 Å². The van der Waals surface area contributed by atoms with Crippen LogP contribution in [0.15, 0.2) is 53.4 Å². The van der Waals surface area contributed by atoms with E-state index >= 15 is 0 Å². The Morgan fingerprint density at radius 2 is 2.07 bits per heavy atom. The Hall–Kier alpha value is -2.74. The number of benzene rings is 1. The van der Waals surface area contributed by atoms with Crippen LogP contribution in [-0.2, 0) is 6.42 Å². The highest BCUT2D eigenvalue weighted by molar-refractivity contribution is 9.10. The standard InChI is InChI=1S/C22H23BrFN5O/c1-2-4-19(15-11-16(23)13-25-12-15)27-22(30)28-10-3-5-20-21(28)14-26-29(20)18-8-6-17(24)7-9-18/h6-9,11-14,19H,2-5,10H2,1H3,(H,27,30). The van der Waals surface area contributed by atoms with Gasteiger partial charge in [-0.25, -0.2) is 13.9 Å². The molecule has 3 heterocycles. The SMILES string of the molecule is CCCC(NC(=O)N1CCCc2c1cnn2-c1ccc(F)cc1)c1cncc(Br)c1. The number of anilines is 1. The van der Waals surface area contributed by atoms with Crippen molar-refractivity contribution in [3.05, 3.63) is 70.5 Å². The summed E-state index contributed by atoms with van der Waals surface area (Å²) in [5, 5.41) is 7.64. The number of fused-ring (bicyclic) bond motifs is 1. The molecule has 1 aromatic carbocycles. The van der Waals surface area contributed by atoms with Crippen LogP contribution in [0.1, 0.15) is 43.5 Å². The molecule has 2 aromatic heterocycles. The molecular formula is C22H23BrFN5O. The third-order valence-corrected chi connectivity index (χ3v) is 5.69. The van der Waals surface area contributed by atoms with E-state index in [1.165, 1.54) is 12.1 Å². The summed E-state index contributed by atoms with van der Waals surface area (Å²) in [5.41, 5.74) is 3.51. The molecule has 1 N–H and O–H groups in total. The Kier molecular flexibility index (Phi) is 6.13. The van der Waals surface area contributed by atoms with Crippen LogP contribution in [0.5, 0.6) is 0 Å². The zero-order chi connectivity index (χ0) is 21.1. The lowest BCUT2D eigenvalue weighted by molar-refractivity contribution is 0.241. The second-order valence-corrected chi connectivity index (χ2v) is 8.26. The lowest BCUT2D eigenvalue weighted by atomic mass is 10.0. The van der Waals surface area contributed by atoms with Gasteiger partial charge < -0.3 is 5.32 Å². The monoisotopic (exact) mass is 471 g/mol. The van der Waals surface area contributed by atoms with E-state index in [4.69, 9.17) is 0 Å². The third kappa shape index (κ3) is 4.23. The lowest BCUT2D eigenvalue weighted by Crippen LogP contribution is -2.44. The number of carbonyl (C=O) groups is 1. The molecule has 6 nitrogen and oxygen atoms in total. The molecule has 0 bridgehead atoms. The minimum atomic E-state index is -0.287. The van der Waals surface area contributed by atoms with Gasteiger partial charge in [0.15, 0.2) is 0 Å². The topological polar surface area (TPSA) is 63.1 Å². The molecule has 2 amide bonds. The Balaban J connectivity index is 1.58. The minimum absolute atomic E-state index is 0.120. The van der Waals surface area contributed by atoms with Gasteiger partial charge in [-0.05, 0) is 71.1 Å². The summed E-state index contributed by atoms with van der Waals surface area (Å²) in [6, 6.07) is 7.94. The van der Waals surface area contributed by atoms with Crippen molar-refractivity contribution in [3.63, 3.8) is 0 Å². The summed E-state index contributed by atoms with van der Waals surface area (Å²) in [6.07, 6.45) is 8.64. The summed E-state index contributed by atoms with van der Waals surface area (Å²) < 4.78 is 16.0. The Morgan fingerprint density at radius 1 is 1.27 bits per heavy atom. The molecule has 0 saturated carbocycles. The first-order chi connectivity index (χ1) is 14.6. The van der Waals surface area contributed by atoms with Crippen molar-refractivity contribution in [2.45, 2.75) is 38.6 Å². The second-order valence-electron chi connectivity index (χ2n) is 7.35. The van der Waals surface area contributed by atoms with Crippen LogP contribution in [0.2, 0.25) is 0 Å². The van der Waals surface area contributed by atoms with Crippen LogP contribution in [0, 0.1) is 5.82 Å². The highest BCUT2D eigenvalue weighted by atomic mass is 79.9. The quantitative estimate of drug-likeness (QED) is 0.557. The van der Waals surface area contributed by atoms with E-state index in [1.807, 2.05) is 6.07 Å². The molecule has 1 aliphatic rings. The van der Waals surface area contributed by atoms with Gasteiger partial charge in [-0.2, -0.15) is 5.10 Å². The van der Waals surface area contributed by atoms with Crippen LogP contribution in [0.25, 0.3) is 5.69 Å². The number of pyridine rings is 1. The van der Waals surface area contributed by atoms with E-state index in [9.17, 15) is 9.18 Å². The zero-order valence-corrected chi connectivity index (χ0v) is 18.3. The van der Waals surface area contributed by atoms with Crippen molar-refractivity contribution < 1.29 is 9.18 Å². The average molecular weight is 472 g/mol. The lowest BCUT2D eigenvalue weighted by Gasteiger charge is -2.29. The molecule has 0 fully saturated rings. The maximum Gasteiger partial charge on any atom is 0.322 e. The summed E-state index contributed by atoms with van der Waals surface area (Å²) in [4.78, 5) is 19.2. The van der Waals surface area contributed by atoms with Crippen molar-refractivity contribution in [3.8, 4) is 5.69 Å². The fourth-order valence-electron chi connectivity index (χ4n) is 3.82. The highest BCUT2D eigenvalue weighted by Gasteiger charge is 2.28. The molecule has 0 saturated heterocycles. The molecule has 4 rings (SSSR count). The smallest absolute Gasteiger partial charge is 0.322 e. The summed E-state index contributed by atoms with van der Waals surface area (Å²) in [5.74, 6) is -0.287. The number of nitrogens with zero attached hydrogens (tertiary/aromatic N) is 4. The van der Waals surface area contributed by atoms with Crippen LogP contribution in [-0.4, -0.2) is 27.3 Å². The van der Waals surface area contributed by atoms with Gasteiger partial charge in [0, 0.05) is 23.4 Å². The van der Waals surface area contributed by atoms with Crippen molar-refractivity contribution >= 4 is 27.6 Å². The number of amides is 2. The molecule has 1 atom stereocenters. The molecule has 0 aliphatic carbocycles. The van der Waals surface area contributed by atoms with E-state index in [2.05, 4.69) is 38.3 Å². The first kappa shape index (κ1) is 20.5. The average Bonchev–Trinajstić information content (AvgIpc) is 3.18. The van der Waals surface area contributed by atoms with Gasteiger partial charge in [0.25, 0.3) is 0 Å². The predicted molar refractivity (Wildman–Crippen MR) is 117 cm³/mol. The van der Waals surface area contributed by atoms with Crippen LogP contribution < -0.4 is 10.2 Å². The van der Waals surface area contributed by atoms with Crippen LogP contribution >= 0.6 is 15.9 Å². The minimum Gasteiger partial charge on any atom is -0.331 e. The van der Waals surface area contributed by atoms with E-state index < -0.39 is 0 Å². The van der Waals surface area contributed by atoms with Gasteiger partial charge in [0.1, 0.15) is 5.82 Å². The molecule has 0 spiro atoms. The third-order valence-electron chi connectivity index (χ3n) is 5.25. The first-order valence-corrected chi connectivity index (χ1v) is 10.9. The Morgan fingerprint density at radius 3 is 2.80 bits per heavy atom. The van der Waals surface area contributed by atoms with Crippen molar-refractivity contribution in [1.82, 2.24) is 20.1 Å². The number of hydrogen-bond donors (Lipinski definition) is 1. The molecule has 8 heteroatoms. The predicted octanol–water partition coefficient (Wildman–Crippen LogP) is 5.17. The van der Waals surface area contributed by atoms with Crippen molar-refractivity contribution in [1.29, 1.82) is 0 Å². The molecule has 1 aliphatic heterocycles. The van der Waals surface area contributed by atoms with E-state index in [-0.39, 0.29) is 17.9 Å². The molecule has 3 aromatic rings. The van der Waals surface area contributed by atoms with Gasteiger partial charge in [-0.1, -0.05) is 13.3 Å². The molecule has 30 heavy (non-hydrogen) atoms. The number of aromatic nitrogens is 3. The normalized spacial score (nSPS) is 14.3. The van der Waals surface area contributed by atoms with Crippen molar-refractivity contribution in [2.75, 3.05) is 11.4 Å². The van der Waals surface area contributed by atoms with Gasteiger partial charge in [-0.3, -0.25) is 9.88 Å². The number of rotatable bonds is 5. The summed E-state index contributed by atoms with van der Waals surface area (Å²) in [6.45, 7) is 2.72. The largest absolute Gasteiger partial charge is 0.331 e. The Bertz CT molecular complexity index is 1040. The van der Waals surface area contributed by atoms with Gasteiger partial charge in [0.05, 0.1) is 29.3 Å². The van der Waals surface area contributed by atoms with Gasteiger partial charge in [-0.15, -0.1) is 0 Å². The number of nitrogens with one attached hydrogen (secondary N) is 1. The highest BCUT2D eigenvalue weighted by Crippen LogP contribution is 2.30. The summed E-state index contributed by atoms with van der Waals surface area (Å²) in [7, 11) is 0. The number of carbonyl (C=O) groups excluding carboxylic acids is 1. The molecule has 0 radical (unpaired) electrons. The van der Waals surface area contributed by atoms with Gasteiger partial charge >= 0.3 is 6.03 Å². The number of urea groups is 1. The maximum absolute atomic E-state index is 13.3. The van der Waals surface area contributed by atoms with E-state index in [0.717, 1.165) is 52.8 Å². The first-order valence-electron chi connectivity index (χ1n) is 10.1. The second kappa shape index (κ2) is 8.95. The van der Waals surface area contributed by atoms with E-state index in [0.29, 0.717) is 6.54 Å². The fraction of sp³-hybridized carbons (Fsp3) is 0.318. The van der Waals surface area contributed by atoms with Crippen LogP contribution in [0.3, 0.4) is 0 Å². The Labute approximate surface area is 183 Å². The number of hydrogen-bond acceptors (Lipinski definition) is 3. The van der Waals surface area contributed by atoms with Crippen LogP contribution in [0.4, 0.5) is 14.9 Å².